The van der Waals surface area contributed by atoms with Gasteiger partial charge in [0.05, 0.1) is 26.0 Å². The predicted molar refractivity (Wildman–Crippen MR) is 118 cm³/mol. The molecule has 0 atom stereocenters. The Morgan fingerprint density at radius 3 is 2.60 bits per heavy atom. The van der Waals surface area contributed by atoms with Crippen LogP contribution in [-0.2, 0) is 17.8 Å². The Labute approximate surface area is 178 Å². The van der Waals surface area contributed by atoms with Crippen molar-refractivity contribution in [2.24, 2.45) is 5.10 Å². The first-order valence-electron chi connectivity index (χ1n) is 9.79. The molecule has 1 N–H and O–H groups in total. The second-order valence-electron chi connectivity index (χ2n) is 6.43. The number of allylic oxidation sites excluding steroid dienone is 1. The molecule has 0 aliphatic rings. The number of nitrogens with one attached hydrogen (secondary N) is 1. The van der Waals surface area contributed by atoms with Crippen molar-refractivity contribution in [1.82, 2.24) is 4.98 Å². The third-order valence-corrected chi connectivity index (χ3v) is 4.13. The van der Waals surface area contributed by atoms with E-state index in [1.54, 1.807) is 13.3 Å². The number of rotatable bonds is 11. The molecule has 2 rings (SSSR count). The molecule has 0 bridgehead atoms. The average Bonchev–Trinajstić information content (AvgIpc) is 2.71. The molecule has 0 saturated heterocycles. The van der Waals surface area contributed by atoms with Crippen LogP contribution in [0.15, 0.2) is 36.0 Å². The van der Waals surface area contributed by atoms with Crippen LogP contribution in [0.4, 0.5) is 5.82 Å². The van der Waals surface area contributed by atoms with Crippen LogP contribution in [0.2, 0.25) is 0 Å². The maximum Gasteiger partial charge on any atom is 0.164 e. The Morgan fingerprint density at radius 2 is 1.97 bits per heavy atom. The molecule has 158 valence electrons. The van der Waals surface area contributed by atoms with E-state index in [-0.39, 0.29) is 0 Å². The normalized spacial score (nSPS) is 10.6. The van der Waals surface area contributed by atoms with E-state index in [0.717, 1.165) is 28.1 Å². The van der Waals surface area contributed by atoms with Crippen LogP contribution in [0.25, 0.3) is 0 Å². The van der Waals surface area contributed by atoms with Crippen LogP contribution in [0.5, 0.6) is 11.5 Å². The summed E-state index contributed by atoms with van der Waals surface area (Å²) >= 11 is 0. The van der Waals surface area contributed by atoms with Gasteiger partial charge in [-0.2, -0.15) is 10.4 Å². The second kappa shape index (κ2) is 11.6. The maximum absolute atomic E-state index is 9.53. The molecule has 1 aromatic heterocycles. The topological polar surface area (TPSA) is 88.8 Å². The van der Waals surface area contributed by atoms with Gasteiger partial charge in [-0.15, -0.1) is 6.58 Å². The van der Waals surface area contributed by atoms with Gasteiger partial charge in [0.1, 0.15) is 11.6 Å². The molecular formula is C23H28N4O3. The quantitative estimate of drug-likeness (QED) is 0.337. The molecule has 30 heavy (non-hydrogen) atoms. The monoisotopic (exact) mass is 408 g/mol. The summed E-state index contributed by atoms with van der Waals surface area (Å²) in [6.07, 6.45) is 4.12. The summed E-state index contributed by atoms with van der Waals surface area (Å²) in [5, 5.41) is 13.8. The van der Waals surface area contributed by atoms with E-state index >= 15 is 0 Å². The average molecular weight is 409 g/mol. The summed E-state index contributed by atoms with van der Waals surface area (Å²) in [7, 11) is 1.59. The fourth-order valence-corrected chi connectivity index (χ4v) is 3.02. The van der Waals surface area contributed by atoms with Crippen LogP contribution in [0, 0.1) is 18.3 Å². The summed E-state index contributed by atoms with van der Waals surface area (Å²) in [5.41, 5.74) is 6.62. The first kappa shape index (κ1) is 22.9. The Hall–Kier alpha value is -3.37. The van der Waals surface area contributed by atoms with E-state index in [2.05, 4.69) is 28.2 Å². The van der Waals surface area contributed by atoms with Gasteiger partial charge in [-0.05, 0) is 51.0 Å². The van der Waals surface area contributed by atoms with Gasteiger partial charge in [0, 0.05) is 23.9 Å². The van der Waals surface area contributed by atoms with Crippen molar-refractivity contribution in [2.45, 2.75) is 33.8 Å². The van der Waals surface area contributed by atoms with E-state index in [9.17, 15) is 5.26 Å². The lowest BCUT2D eigenvalue weighted by atomic mass is 10.1. The van der Waals surface area contributed by atoms with Crippen LogP contribution >= 0.6 is 0 Å². The molecule has 0 amide bonds. The van der Waals surface area contributed by atoms with Gasteiger partial charge in [-0.1, -0.05) is 6.08 Å². The standard InChI is InChI=1S/C23H28N4O3/c1-6-9-18-11-17(12-21(29-7-2)22(18)30-8-3)14-25-27-23-20(13-24)19(15-28-5)10-16(4)26-23/h6,10-12,14H,1,7-9,15H2,2-5H3,(H,26,27)/b25-14+. The number of nitrogens with zero attached hydrogens (tertiary/aromatic N) is 3. The van der Waals surface area contributed by atoms with Crippen molar-refractivity contribution in [2.75, 3.05) is 25.7 Å². The Bertz CT molecular complexity index is 948. The predicted octanol–water partition coefficient (Wildman–Crippen LogP) is 4.38. The molecule has 0 spiro atoms. The molecule has 7 nitrogen and oxygen atoms in total. The summed E-state index contributed by atoms with van der Waals surface area (Å²) < 4.78 is 16.7. The number of nitriles is 1. The summed E-state index contributed by atoms with van der Waals surface area (Å²) in [6.45, 7) is 10.9. The van der Waals surface area contributed by atoms with E-state index in [1.807, 2.05) is 45.0 Å². The van der Waals surface area contributed by atoms with Crippen molar-refractivity contribution >= 4 is 12.0 Å². The number of pyridine rings is 1. The molecule has 1 aromatic carbocycles. The van der Waals surface area contributed by atoms with E-state index < -0.39 is 0 Å². The number of ether oxygens (including phenoxy) is 3. The zero-order valence-electron chi connectivity index (χ0n) is 18.0. The largest absolute Gasteiger partial charge is 0.490 e. The summed E-state index contributed by atoms with van der Waals surface area (Å²) in [6, 6.07) is 7.85. The smallest absolute Gasteiger partial charge is 0.164 e. The molecule has 0 aliphatic carbocycles. The zero-order chi connectivity index (χ0) is 21.9. The van der Waals surface area contributed by atoms with Crippen molar-refractivity contribution in [1.29, 1.82) is 5.26 Å². The minimum absolute atomic E-state index is 0.326. The van der Waals surface area contributed by atoms with E-state index in [1.165, 1.54) is 0 Å². The minimum Gasteiger partial charge on any atom is -0.490 e. The molecule has 0 fully saturated rings. The van der Waals surface area contributed by atoms with Crippen molar-refractivity contribution in [3.63, 3.8) is 0 Å². The first-order chi connectivity index (χ1) is 14.6. The van der Waals surface area contributed by atoms with Crippen LogP contribution in [0.3, 0.4) is 0 Å². The number of benzene rings is 1. The van der Waals surface area contributed by atoms with Crippen molar-refractivity contribution in [3.8, 4) is 17.6 Å². The number of hydrogen-bond acceptors (Lipinski definition) is 7. The Balaban J connectivity index is 2.36. The highest BCUT2D eigenvalue weighted by molar-refractivity contribution is 5.82. The number of aromatic nitrogens is 1. The van der Waals surface area contributed by atoms with Gasteiger partial charge in [-0.3, -0.25) is 5.43 Å². The Morgan fingerprint density at radius 1 is 1.20 bits per heavy atom. The molecule has 7 heteroatoms. The minimum atomic E-state index is 0.326. The SMILES string of the molecule is C=CCc1cc(/C=N/Nc2nc(C)cc(COC)c2C#N)cc(OCC)c1OCC. The summed E-state index contributed by atoms with van der Waals surface area (Å²) in [5.74, 6) is 1.78. The highest BCUT2D eigenvalue weighted by Gasteiger charge is 2.13. The molecule has 2 aromatic rings. The van der Waals surface area contributed by atoms with Gasteiger partial charge in [-0.25, -0.2) is 4.98 Å². The molecular weight excluding hydrogens is 380 g/mol. The molecule has 0 radical (unpaired) electrons. The number of hydrogen-bond donors (Lipinski definition) is 1. The zero-order valence-corrected chi connectivity index (χ0v) is 18.0. The second-order valence-corrected chi connectivity index (χ2v) is 6.43. The lowest BCUT2D eigenvalue weighted by Crippen LogP contribution is -2.04. The van der Waals surface area contributed by atoms with E-state index in [0.29, 0.717) is 43.4 Å². The summed E-state index contributed by atoms with van der Waals surface area (Å²) in [4.78, 5) is 4.39. The maximum atomic E-state index is 9.53. The van der Waals surface area contributed by atoms with Gasteiger partial charge in [0.25, 0.3) is 0 Å². The van der Waals surface area contributed by atoms with Crippen LogP contribution in [0.1, 0.15) is 41.8 Å². The molecule has 1 heterocycles. The lowest BCUT2D eigenvalue weighted by Gasteiger charge is -2.15. The van der Waals surface area contributed by atoms with Gasteiger partial charge in [0.2, 0.25) is 0 Å². The molecule has 0 unspecified atom stereocenters. The number of anilines is 1. The van der Waals surface area contributed by atoms with Crippen LogP contribution in [-0.4, -0.2) is 31.5 Å². The highest BCUT2D eigenvalue weighted by atomic mass is 16.5. The number of methoxy groups -OCH3 is 1. The van der Waals surface area contributed by atoms with Gasteiger partial charge < -0.3 is 14.2 Å². The van der Waals surface area contributed by atoms with Crippen molar-refractivity contribution in [3.05, 3.63) is 58.8 Å². The lowest BCUT2D eigenvalue weighted by molar-refractivity contribution is 0.184. The molecule has 0 aliphatic heterocycles. The van der Waals surface area contributed by atoms with E-state index in [4.69, 9.17) is 14.2 Å². The fourth-order valence-electron chi connectivity index (χ4n) is 3.02. The van der Waals surface area contributed by atoms with Gasteiger partial charge >= 0.3 is 0 Å². The first-order valence-corrected chi connectivity index (χ1v) is 9.79. The highest BCUT2D eigenvalue weighted by Crippen LogP contribution is 2.33. The third kappa shape index (κ3) is 5.82. The third-order valence-electron chi connectivity index (χ3n) is 4.13. The van der Waals surface area contributed by atoms with Crippen molar-refractivity contribution < 1.29 is 14.2 Å². The molecule has 0 saturated carbocycles. The van der Waals surface area contributed by atoms with Crippen LogP contribution < -0.4 is 14.9 Å². The fraction of sp³-hybridized carbons (Fsp3) is 0.348. The Kier molecular flexibility index (Phi) is 8.85. The number of aryl methyl sites for hydroxylation is 1. The van der Waals surface area contributed by atoms with Gasteiger partial charge in [0.15, 0.2) is 17.3 Å². The number of hydrazone groups is 1.